The molecule has 0 saturated carbocycles. The molecule has 4 aromatic rings. The molecule has 4 rings (SSSR count). The van der Waals surface area contributed by atoms with Gasteiger partial charge in [-0.2, -0.15) is 0 Å². The zero-order chi connectivity index (χ0) is 25.8. The lowest BCUT2D eigenvalue weighted by Crippen LogP contribution is -2.16. The summed E-state index contributed by atoms with van der Waals surface area (Å²) in [6.07, 6.45) is 1.96. The van der Waals surface area contributed by atoms with E-state index in [1.165, 1.54) is 23.6 Å². The standard InChI is InChI=1S/C26H23NO6S3/c28-25(29)21-15-13-19(14-16-21)7-6-9-20-8-4-5-12-23(20)27-36(32,33)26-24(17-18-34-26)35(30,31)22-10-2-1-3-11-22/h1-5,8,10-18,27H,6-7,9H2,(H,28,29). The van der Waals surface area contributed by atoms with Gasteiger partial charge < -0.3 is 5.11 Å². The maximum absolute atomic E-state index is 13.3. The number of hydrogen-bond donors (Lipinski definition) is 2. The quantitative estimate of drug-likeness (QED) is 0.283. The lowest BCUT2D eigenvalue weighted by Gasteiger charge is -2.13. The van der Waals surface area contributed by atoms with Crippen LogP contribution >= 0.6 is 11.3 Å². The first-order chi connectivity index (χ1) is 17.2. The number of para-hydroxylation sites is 1. The van der Waals surface area contributed by atoms with Crippen molar-refractivity contribution in [2.45, 2.75) is 33.3 Å². The highest BCUT2D eigenvalue weighted by molar-refractivity contribution is 7.96. The Balaban J connectivity index is 1.52. The van der Waals surface area contributed by atoms with Crippen molar-refractivity contribution in [1.29, 1.82) is 0 Å². The summed E-state index contributed by atoms with van der Waals surface area (Å²) < 4.78 is 55.1. The Morgan fingerprint density at radius 2 is 1.47 bits per heavy atom. The molecule has 0 unspecified atom stereocenters. The number of carboxylic acids is 1. The van der Waals surface area contributed by atoms with Crippen molar-refractivity contribution in [2.75, 3.05) is 4.72 Å². The van der Waals surface area contributed by atoms with E-state index in [1.807, 2.05) is 12.1 Å². The van der Waals surface area contributed by atoms with E-state index in [4.69, 9.17) is 5.11 Å². The second-order valence-corrected chi connectivity index (χ2v) is 12.7. The van der Waals surface area contributed by atoms with E-state index in [0.29, 0.717) is 24.9 Å². The second-order valence-electron chi connectivity index (χ2n) is 8.01. The van der Waals surface area contributed by atoms with E-state index < -0.39 is 25.8 Å². The van der Waals surface area contributed by atoms with Crippen molar-refractivity contribution in [3.8, 4) is 0 Å². The second kappa shape index (κ2) is 10.7. The van der Waals surface area contributed by atoms with Crippen molar-refractivity contribution in [3.63, 3.8) is 0 Å². The van der Waals surface area contributed by atoms with Crippen LogP contribution in [0.2, 0.25) is 0 Å². The highest BCUT2D eigenvalue weighted by atomic mass is 32.2. The zero-order valence-electron chi connectivity index (χ0n) is 19.0. The Morgan fingerprint density at radius 3 is 2.17 bits per heavy atom. The van der Waals surface area contributed by atoms with Crippen LogP contribution in [0.3, 0.4) is 0 Å². The van der Waals surface area contributed by atoms with Crippen LogP contribution in [0.25, 0.3) is 0 Å². The minimum absolute atomic E-state index is 0.0247. The zero-order valence-corrected chi connectivity index (χ0v) is 21.4. The van der Waals surface area contributed by atoms with Crippen LogP contribution in [-0.4, -0.2) is 27.9 Å². The lowest BCUT2D eigenvalue weighted by molar-refractivity contribution is 0.0697. The number of sulfonamides is 1. The Morgan fingerprint density at radius 1 is 0.806 bits per heavy atom. The Kier molecular flexibility index (Phi) is 7.58. The van der Waals surface area contributed by atoms with Gasteiger partial charge in [-0.25, -0.2) is 21.6 Å². The van der Waals surface area contributed by atoms with Crippen molar-refractivity contribution >= 4 is 42.9 Å². The van der Waals surface area contributed by atoms with E-state index in [1.54, 1.807) is 54.6 Å². The Bertz CT molecular complexity index is 1580. The van der Waals surface area contributed by atoms with Crippen LogP contribution in [0.4, 0.5) is 5.69 Å². The van der Waals surface area contributed by atoms with Gasteiger partial charge in [-0.1, -0.05) is 48.5 Å². The molecule has 36 heavy (non-hydrogen) atoms. The molecule has 0 aliphatic carbocycles. The summed E-state index contributed by atoms with van der Waals surface area (Å²) in [6.45, 7) is 0. The molecule has 0 fully saturated rings. The summed E-state index contributed by atoms with van der Waals surface area (Å²) in [5.41, 5.74) is 2.36. The number of aromatic carboxylic acids is 1. The number of sulfone groups is 1. The molecule has 0 radical (unpaired) electrons. The van der Waals surface area contributed by atoms with Crippen LogP contribution in [0, 0.1) is 0 Å². The number of anilines is 1. The van der Waals surface area contributed by atoms with Crippen LogP contribution in [-0.2, 0) is 32.7 Å². The molecular weight excluding hydrogens is 518 g/mol. The predicted molar refractivity (Wildman–Crippen MR) is 139 cm³/mol. The molecule has 0 saturated heterocycles. The molecule has 0 amide bonds. The van der Waals surface area contributed by atoms with Gasteiger partial charge in [-0.05, 0) is 72.2 Å². The van der Waals surface area contributed by atoms with Gasteiger partial charge in [0.1, 0.15) is 4.90 Å². The summed E-state index contributed by atoms with van der Waals surface area (Å²) in [7, 11) is -8.18. The molecule has 2 N–H and O–H groups in total. The van der Waals surface area contributed by atoms with Crippen LogP contribution in [0.1, 0.15) is 27.9 Å². The van der Waals surface area contributed by atoms with Gasteiger partial charge in [0.25, 0.3) is 10.0 Å². The van der Waals surface area contributed by atoms with Crippen molar-refractivity contribution in [1.82, 2.24) is 0 Å². The third-order valence-electron chi connectivity index (χ3n) is 5.56. The van der Waals surface area contributed by atoms with E-state index in [-0.39, 0.29) is 19.6 Å². The molecule has 0 spiro atoms. The van der Waals surface area contributed by atoms with Crippen molar-refractivity contribution < 1.29 is 26.7 Å². The number of benzene rings is 3. The summed E-state index contributed by atoms with van der Waals surface area (Å²) >= 11 is 0.850. The maximum atomic E-state index is 13.3. The number of aryl methyl sites for hydroxylation is 2. The summed E-state index contributed by atoms with van der Waals surface area (Å²) in [4.78, 5) is 10.8. The molecule has 0 aliphatic heterocycles. The Hall–Kier alpha value is -3.47. The van der Waals surface area contributed by atoms with E-state index >= 15 is 0 Å². The van der Waals surface area contributed by atoms with E-state index in [0.717, 1.165) is 22.5 Å². The van der Waals surface area contributed by atoms with Gasteiger partial charge in [-0.3, -0.25) is 4.72 Å². The lowest BCUT2D eigenvalue weighted by atomic mass is 10.0. The third-order valence-corrected chi connectivity index (χ3v) is 10.5. The van der Waals surface area contributed by atoms with Gasteiger partial charge >= 0.3 is 5.97 Å². The summed E-state index contributed by atoms with van der Waals surface area (Å²) in [5.74, 6) is -0.978. The molecule has 0 bridgehead atoms. The van der Waals surface area contributed by atoms with Gasteiger partial charge in [0.05, 0.1) is 16.1 Å². The molecule has 3 aromatic carbocycles. The predicted octanol–water partition coefficient (Wildman–Crippen LogP) is 5.26. The first kappa shape index (κ1) is 25.6. The van der Waals surface area contributed by atoms with Gasteiger partial charge in [0.2, 0.25) is 9.84 Å². The normalized spacial score (nSPS) is 11.8. The van der Waals surface area contributed by atoms with Crippen LogP contribution in [0.15, 0.2) is 104 Å². The maximum Gasteiger partial charge on any atom is 0.335 e. The SMILES string of the molecule is O=C(O)c1ccc(CCCc2ccccc2NS(=O)(=O)c2sccc2S(=O)(=O)c2ccccc2)cc1. The monoisotopic (exact) mass is 541 g/mol. The largest absolute Gasteiger partial charge is 0.478 e. The Labute approximate surface area is 214 Å². The molecule has 1 heterocycles. The fourth-order valence-electron chi connectivity index (χ4n) is 3.73. The smallest absolute Gasteiger partial charge is 0.335 e. The minimum atomic E-state index is -4.17. The topological polar surface area (TPSA) is 118 Å². The fraction of sp³-hybridized carbons (Fsp3) is 0.115. The van der Waals surface area contributed by atoms with E-state index in [9.17, 15) is 21.6 Å². The first-order valence-corrected chi connectivity index (χ1v) is 14.8. The summed E-state index contributed by atoms with van der Waals surface area (Å²) in [6, 6.07) is 22.7. The first-order valence-electron chi connectivity index (χ1n) is 11.0. The number of carbonyl (C=O) groups is 1. The van der Waals surface area contributed by atoms with Crippen molar-refractivity contribution in [3.05, 3.63) is 107 Å². The third kappa shape index (κ3) is 5.67. The average molecular weight is 542 g/mol. The van der Waals surface area contributed by atoms with Gasteiger partial charge in [-0.15, -0.1) is 11.3 Å². The molecule has 10 heteroatoms. The summed E-state index contributed by atoms with van der Waals surface area (Å²) in [5, 5.41) is 10.5. The number of hydrogen-bond acceptors (Lipinski definition) is 6. The van der Waals surface area contributed by atoms with E-state index in [2.05, 4.69) is 4.72 Å². The molecule has 186 valence electrons. The molecule has 0 aliphatic rings. The molecule has 0 atom stereocenters. The number of rotatable bonds is 10. The number of thiophene rings is 1. The highest BCUT2D eigenvalue weighted by Crippen LogP contribution is 2.33. The molecule has 7 nitrogen and oxygen atoms in total. The van der Waals surface area contributed by atoms with Gasteiger partial charge in [0.15, 0.2) is 4.21 Å². The van der Waals surface area contributed by atoms with Crippen molar-refractivity contribution in [2.24, 2.45) is 0 Å². The minimum Gasteiger partial charge on any atom is -0.478 e. The number of carboxylic acid groups (broad SMARTS) is 1. The van der Waals surface area contributed by atoms with Crippen LogP contribution in [0.5, 0.6) is 0 Å². The highest BCUT2D eigenvalue weighted by Gasteiger charge is 2.30. The molecule has 1 aromatic heterocycles. The fourth-order valence-corrected chi connectivity index (χ4v) is 8.41. The van der Waals surface area contributed by atoms with Crippen LogP contribution < -0.4 is 4.72 Å². The van der Waals surface area contributed by atoms with Gasteiger partial charge in [0, 0.05) is 0 Å². The number of nitrogens with one attached hydrogen (secondary N) is 1. The molecular formula is C26H23NO6S3. The average Bonchev–Trinajstić information content (AvgIpc) is 3.38.